The van der Waals surface area contributed by atoms with Gasteiger partial charge in [0.25, 0.3) is 0 Å². The van der Waals surface area contributed by atoms with Crippen LogP contribution in [0.15, 0.2) is 36.7 Å². The largest absolute Gasteiger partial charge is 0.490 e. The zero-order chi connectivity index (χ0) is 16.3. The van der Waals surface area contributed by atoms with Crippen molar-refractivity contribution in [2.75, 3.05) is 6.61 Å². The summed E-state index contributed by atoms with van der Waals surface area (Å²) in [7, 11) is 0. The summed E-state index contributed by atoms with van der Waals surface area (Å²) >= 11 is 0. The van der Waals surface area contributed by atoms with E-state index in [1.54, 1.807) is 12.4 Å². The van der Waals surface area contributed by atoms with Crippen LogP contribution in [-0.4, -0.2) is 16.6 Å². The van der Waals surface area contributed by atoms with E-state index in [0.29, 0.717) is 18.2 Å². The summed E-state index contributed by atoms with van der Waals surface area (Å²) in [6.07, 6.45) is 9.07. The predicted molar refractivity (Wildman–Crippen MR) is 93.5 cm³/mol. The van der Waals surface area contributed by atoms with Gasteiger partial charge in [-0.3, -0.25) is 0 Å². The van der Waals surface area contributed by atoms with Crippen LogP contribution >= 0.6 is 0 Å². The summed E-state index contributed by atoms with van der Waals surface area (Å²) < 4.78 is 5.59. The van der Waals surface area contributed by atoms with Gasteiger partial charge in [-0.15, -0.1) is 0 Å². The Labute approximate surface area is 139 Å². The molecular weight excluding hydrogens is 284 g/mol. The van der Waals surface area contributed by atoms with Gasteiger partial charge in [-0.1, -0.05) is 51.2 Å². The van der Waals surface area contributed by atoms with Gasteiger partial charge in [0.15, 0.2) is 5.75 Å². The number of aromatic nitrogens is 2. The maximum Gasteiger partial charge on any atom is 0.205 e. The molecule has 2 aromatic rings. The van der Waals surface area contributed by atoms with Crippen molar-refractivity contribution in [3.05, 3.63) is 53.6 Å². The highest BCUT2D eigenvalue weighted by atomic mass is 16.5. The van der Waals surface area contributed by atoms with E-state index in [2.05, 4.69) is 47.8 Å². The van der Waals surface area contributed by atoms with Crippen molar-refractivity contribution in [2.24, 2.45) is 0 Å². The summed E-state index contributed by atoms with van der Waals surface area (Å²) in [5.74, 6) is 7.30. The molecule has 0 amide bonds. The van der Waals surface area contributed by atoms with E-state index in [1.165, 1.54) is 18.4 Å². The Morgan fingerprint density at radius 3 is 2.30 bits per heavy atom. The molecule has 0 N–H and O–H groups in total. The molecule has 0 fully saturated rings. The lowest BCUT2D eigenvalue weighted by atomic mass is 10.1. The first-order valence-corrected chi connectivity index (χ1v) is 8.37. The van der Waals surface area contributed by atoms with E-state index in [1.807, 2.05) is 12.1 Å². The molecule has 0 saturated carbocycles. The highest BCUT2D eigenvalue weighted by molar-refractivity contribution is 5.39. The molecule has 0 aliphatic rings. The van der Waals surface area contributed by atoms with Crippen molar-refractivity contribution in [2.45, 2.75) is 46.0 Å². The van der Waals surface area contributed by atoms with Crippen LogP contribution in [0.3, 0.4) is 0 Å². The lowest BCUT2D eigenvalue weighted by Gasteiger charge is -2.03. The molecule has 0 saturated heterocycles. The van der Waals surface area contributed by atoms with Crippen molar-refractivity contribution in [1.29, 1.82) is 0 Å². The van der Waals surface area contributed by atoms with E-state index in [-0.39, 0.29) is 0 Å². The second kappa shape index (κ2) is 9.63. The standard InChI is InChI=1S/C20H24N2O/c1-3-5-6-14-23-19-15-21-20(22-16-19)13-12-18-10-8-17(7-4-2)9-11-18/h8-11,15-16H,3-7,14H2,1-2H3. The minimum Gasteiger partial charge on any atom is -0.490 e. The molecule has 1 heterocycles. The number of hydrogen-bond acceptors (Lipinski definition) is 3. The smallest absolute Gasteiger partial charge is 0.205 e. The molecule has 0 aliphatic heterocycles. The second-order valence-electron chi connectivity index (χ2n) is 5.49. The van der Waals surface area contributed by atoms with Crippen LogP contribution in [0.5, 0.6) is 5.75 Å². The Morgan fingerprint density at radius 2 is 1.65 bits per heavy atom. The van der Waals surface area contributed by atoms with Gasteiger partial charge in [-0.2, -0.15) is 0 Å². The lowest BCUT2D eigenvalue weighted by molar-refractivity contribution is 0.304. The van der Waals surface area contributed by atoms with Crippen LogP contribution in [-0.2, 0) is 6.42 Å². The van der Waals surface area contributed by atoms with Gasteiger partial charge in [0, 0.05) is 5.56 Å². The van der Waals surface area contributed by atoms with E-state index in [0.717, 1.165) is 24.8 Å². The third-order valence-electron chi connectivity index (χ3n) is 3.46. The third kappa shape index (κ3) is 6.12. The summed E-state index contributed by atoms with van der Waals surface area (Å²) in [5.41, 5.74) is 2.33. The van der Waals surface area contributed by atoms with Crippen molar-refractivity contribution in [1.82, 2.24) is 9.97 Å². The van der Waals surface area contributed by atoms with E-state index < -0.39 is 0 Å². The summed E-state index contributed by atoms with van der Waals surface area (Å²) in [5, 5.41) is 0. The number of rotatable bonds is 7. The molecule has 3 nitrogen and oxygen atoms in total. The number of unbranched alkanes of at least 4 members (excludes halogenated alkanes) is 2. The fourth-order valence-electron chi connectivity index (χ4n) is 2.17. The minimum atomic E-state index is 0.517. The molecule has 1 aromatic heterocycles. The second-order valence-corrected chi connectivity index (χ2v) is 5.49. The fourth-order valence-corrected chi connectivity index (χ4v) is 2.17. The van der Waals surface area contributed by atoms with Gasteiger partial charge in [0.05, 0.1) is 19.0 Å². The Balaban J connectivity index is 1.90. The van der Waals surface area contributed by atoms with Crippen LogP contribution in [0, 0.1) is 11.8 Å². The zero-order valence-electron chi connectivity index (χ0n) is 14.0. The summed E-state index contributed by atoms with van der Waals surface area (Å²) in [6, 6.07) is 8.34. The summed E-state index contributed by atoms with van der Waals surface area (Å²) in [4.78, 5) is 8.46. The normalized spacial score (nSPS) is 10.0. The Bertz CT molecular complexity index is 636. The highest BCUT2D eigenvalue weighted by Gasteiger charge is 1.96. The van der Waals surface area contributed by atoms with Crippen molar-refractivity contribution >= 4 is 0 Å². The number of nitrogens with zero attached hydrogens (tertiary/aromatic N) is 2. The molecule has 3 heteroatoms. The molecule has 2 rings (SSSR count). The van der Waals surface area contributed by atoms with Crippen LogP contribution in [0.25, 0.3) is 0 Å². The molecule has 0 bridgehead atoms. The van der Waals surface area contributed by atoms with Gasteiger partial charge in [0.1, 0.15) is 0 Å². The van der Waals surface area contributed by atoms with Crippen LogP contribution in [0.4, 0.5) is 0 Å². The number of benzene rings is 1. The molecule has 23 heavy (non-hydrogen) atoms. The zero-order valence-corrected chi connectivity index (χ0v) is 14.0. The third-order valence-corrected chi connectivity index (χ3v) is 3.46. The monoisotopic (exact) mass is 308 g/mol. The van der Waals surface area contributed by atoms with Crippen molar-refractivity contribution in [3.63, 3.8) is 0 Å². The summed E-state index contributed by atoms with van der Waals surface area (Å²) in [6.45, 7) is 5.07. The SMILES string of the molecule is CCCCCOc1cnc(C#Cc2ccc(CCC)cc2)nc1. The van der Waals surface area contributed by atoms with Gasteiger partial charge in [-0.25, -0.2) is 9.97 Å². The van der Waals surface area contributed by atoms with E-state index in [4.69, 9.17) is 4.74 Å². The maximum absolute atomic E-state index is 5.59. The molecule has 0 unspecified atom stereocenters. The van der Waals surface area contributed by atoms with E-state index >= 15 is 0 Å². The first-order chi connectivity index (χ1) is 11.3. The van der Waals surface area contributed by atoms with Crippen molar-refractivity contribution in [3.8, 4) is 17.6 Å². The quantitative estimate of drug-likeness (QED) is 0.562. The predicted octanol–water partition coefficient (Wildman–Crippen LogP) is 4.40. The van der Waals surface area contributed by atoms with E-state index in [9.17, 15) is 0 Å². The van der Waals surface area contributed by atoms with Gasteiger partial charge in [-0.05, 0) is 36.5 Å². The number of hydrogen-bond donors (Lipinski definition) is 0. The minimum absolute atomic E-state index is 0.517. The first-order valence-electron chi connectivity index (χ1n) is 8.37. The highest BCUT2D eigenvalue weighted by Crippen LogP contribution is 2.08. The topological polar surface area (TPSA) is 35.0 Å². The number of aryl methyl sites for hydroxylation is 1. The van der Waals surface area contributed by atoms with Gasteiger partial charge >= 0.3 is 0 Å². The average Bonchev–Trinajstić information content (AvgIpc) is 2.59. The van der Waals surface area contributed by atoms with Gasteiger partial charge in [0.2, 0.25) is 5.82 Å². The average molecular weight is 308 g/mol. The van der Waals surface area contributed by atoms with Crippen LogP contribution in [0.2, 0.25) is 0 Å². The fraction of sp³-hybridized carbons (Fsp3) is 0.400. The number of ether oxygens (including phenoxy) is 1. The maximum atomic E-state index is 5.59. The van der Waals surface area contributed by atoms with Crippen LogP contribution < -0.4 is 4.74 Å². The molecule has 1 aromatic carbocycles. The molecular formula is C20H24N2O. The Hall–Kier alpha value is -2.34. The van der Waals surface area contributed by atoms with Gasteiger partial charge < -0.3 is 4.74 Å². The Kier molecular flexibility index (Phi) is 7.13. The lowest BCUT2D eigenvalue weighted by Crippen LogP contribution is -1.99. The molecule has 120 valence electrons. The molecule has 0 aliphatic carbocycles. The Morgan fingerprint density at radius 1 is 0.913 bits per heavy atom. The van der Waals surface area contributed by atoms with Crippen LogP contribution in [0.1, 0.15) is 56.5 Å². The molecule has 0 atom stereocenters. The molecule has 0 radical (unpaired) electrons. The van der Waals surface area contributed by atoms with Crippen molar-refractivity contribution < 1.29 is 4.74 Å². The molecule has 0 spiro atoms. The first kappa shape index (κ1) is 17.0.